The smallest absolute Gasteiger partial charge is 0.323 e. The first-order valence-corrected chi connectivity index (χ1v) is 7.18. The number of carbonyl (C=O) groups is 1. The molecule has 0 aliphatic carbocycles. The second-order valence-corrected chi connectivity index (χ2v) is 5.04. The number of aryl methyl sites for hydroxylation is 1. The SMILES string of the molecule is Cc1nn(-c2ccccc2)c(N)c1NC(=O)Nc1ccccc1. The van der Waals surface area contributed by atoms with Crippen molar-refractivity contribution >= 4 is 23.2 Å². The highest BCUT2D eigenvalue weighted by Gasteiger charge is 2.16. The largest absolute Gasteiger partial charge is 0.382 e. The summed E-state index contributed by atoms with van der Waals surface area (Å²) in [5.41, 5.74) is 8.83. The van der Waals surface area contributed by atoms with E-state index in [0.717, 1.165) is 5.69 Å². The summed E-state index contributed by atoms with van der Waals surface area (Å²) in [7, 11) is 0. The van der Waals surface area contributed by atoms with Gasteiger partial charge in [0.15, 0.2) is 5.82 Å². The lowest BCUT2D eigenvalue weighted by Crippen LogP contribution is -2.20. The van der Waals surface area contributed by atoms with Gasteiger partial charge in [-0.15, -0.1) is 0 Å². The molecule has 1 aromatic heterocycles. The molecule has 4 N–H and O–H groups in total. The molecule has 0 spiro atoms. The van der Waals surface area contributed by atoms with Crippen LogP contribution in [0.1, 0.15) is 5.69 Å². The van der Waals surface area contributed by atoms with E-state index in [1.54, 1.807) is 11.6 Å². The molecule has 1 heterocycles. The number of benzene rings is 2. The third-order valence-corrected chi connectivity index (χ3v) is 3.37. The summed E-state index contributed by atoms with van der Waals surface area (Å²) >= 11 is 0. The van der Waals surface area contributed by atoms with E-state index in [0.29, 0.717) is 22.9 Å². The van der Waals surface area contributed by atoms with Crippen molar-refractivity contribution in [3.63, 3.8) is 0 Å². The van der Waals surface area contributed by atoms with Gasteiger partial charge in [0.1, 0.15) is 5.69 Å². The van der Waals surface area contributed by atoms with Gasteiger partial charge in [0.25, 0.3) is 0 Å². The quantitative estimate of drug-likeness (QED) is 0.693. The van der Waals surface area contributed by atoms with Crippen molar-refractivity contribution in [1.82, 2.24) is 9.78 Å². The summed E-state index contributed by atoms with van der Waals surface area (Å²) in [6, 6.07) is 18.4. The number of para-hydroxylation sites is 2. The Kier molecular flexibility index (Phi) is 3.97. The van der Waals surface area contributed by atoms with Crippen LogP contribution in [0.4, 0.5) is 22.0 Å². The molecule has 0 aliphatic rings. The topological polar surface area (TPSA) is 85.0 Å². The fourth-order valence-corrected chi connectivity index (χ4v) is 2.26. The Bertz CT molecular complexity index is 812. The molecule has 23 heavy (non-hydrogen) atoms. The number of carbonyl (C=O) groups excluding carboxylic acids is 1. The molecule has 6 nitrogen and oxygen atoms in total. The fraction of sp³-hybridized carbons (Fsp3) is 0.0588. The molecule has 0 saturated carbocycles. The first-order chi connectivity index (χ1) is 11.1. The van der Waals surface area contributed by atoms with Crippen molar-refractivity contribution in [2.45, 2.75) is 6.92 Å². The minimum absolute atomic E-state index is 0.362. The lowest BCUT2D eigenvalue weighted by atomic mass is 10.3. The summed E-state index contributed by atoms with van der Waals surface area (Å²) < 4.78 is 1.60. The van der Waals surface area contributed by atoms with Crippen LogP contribution >= 0.6 is 0 Å². The number of rotatable bonds is 3. The van der Waals surface area contributed by atoms with Gasteiger partial charge in [-0.25, -0.2) is 9.48 Å². The number of anilines is 3. The van der Waals surface area contributed by atoms with Crippen LogP contribution in [-0.2, 0) is 0 Å². The number of hydrogen-bond acceptors (Lipinski definition) is 3. The molecule has 3 rings (SSSR count). The van der Waals surface area contributed by atoms with Crippen LogP contribution in [0.2, 0.25) is 0 Å². The first-order valence-electron chi connectivity index (χ1n) is 7.18. The van der Waals surface area contributed by atoms with Gasteiger partial charge in [0, 0.05) is 5.69 Å². The number of nitrogens with two attached hydrogens (primary N) is 1. The molecule has 0 aliphatic heterocycles. The molecule has 2 aromatic carbocycles. The van der Waals surface area contributed by atoms with Crippen molar-refractivity contribution in [3.8, 4) is 5.69 Å². The van der Waals surface area contributed by atoms with Crippen LogP contribution in [0.15, 0.2) is 60.7 Å². The molecule has 6 heteroatoms. The van der Waals surface area contributed by atoms with E-state index in [-0.39, 0.29) is 6.03 Å². The molecule has 0 saturated heterocycles. The van der Waals surface area contributed by atoms with Crippen LogP contribution in [-0.4, -0.2) is 15.8 Å². The molecular weight excluding hydrogens is 290 g/mol. The second-order valence-electron chi connectivity index (χ2n) is 5.04. The average Bonchev–Trinajstić information content (AvgIpc) is 2.85. The Morgan fingerprint density at radius 3 is 2.26 bits per heavy atom. The van der Waals surface area contributed by atoms with Crippen molar-refractivity contribution in [2.75, 3.05) is 16.4 Å². The minimum Gasteiger partial charge on any atom is -0.382 e. The van der Waals surface area contributed by atoms with E-state index in [1.165, 1.54) is 0 Å². The van der Waals surface area contributed by atoms with Gasteiger partial charge in [-0.05, 0) is 31.2 Å². The molecule has 0 bridgehead atoms. The Morgan fingerprint density at radius 1 is 1.00 bits per heavy atom. The van der Waals surface area contributed by atoms with Crippen LogP contribution in [0.25, 0.3) is 5.69 Å². The summed E-state index contributed by atoms with van der Waals surface area (Å²) in [5, 5.41) is 9.90. The van der Waals surface area contributed by atoms with Crippen LogP contribution < -0.4 is 16.4 Å². The van der Waals surface area contributed by atoms with Crippen LogP contribution in [0.5, 0.6) is 0 Å². The maximum absolute atomic E-state index is 12.1. The zero-order chi connectivity index (χ0) is 16.2. The van der Waals surface area contributed by atoms with E-state index in [4.69, 9.17) is 5.73 Å². The molecule has 0 atom stereocenters. The molecule has 116 valence electrons. The fourth-order valence-electron chi connectivity index (χ4n) is 2.26. The van der Waals surface area contributed by atoms with Gasteiger partial charge >= 0.3 is 6.03 Å². The molecule has 0 fully saturated rings. The number of nitrogen functional groups attached to an aromatic ring is 1. The predicted molar refractivity (Wildman–Crippen MR) is 91.8 cm³/mol. The maximum Gasteiger partial charge on any atom is 0.323 e. The number of nitrogens with zero attached hydrogens (tertiary/aromatic N) is 2. The Balaban J connectivity index is 1.81. The van der Waals surface area contributed by atoms with Gasteiger partial charge in [-0.2, -0.15) is 5.10 Å². The maximum atomic E-state index is 12.1. The summed E-state index contributed by atoms with van der Waals surface area (Å²) in [6.07, 6.45) is 0. The number of urea groups is 1. The lowest BCUT2D eigenvalue weighted by molar-refractivity contribution is 0.262. The van der Waals surface area contributed by atoms with E-state index in [2.05, 4.69) is 15.7 Å². The Labute approximate surface area is 133 Å². The highest BCUT2D eigenvalue weighted by molar-refractivity contribution is 6.01. The van der Waals surface area contributed by atoms with Gasteiger partial charge < -0.3 is 16.4 Å². The molecule has 0 radical (unpaired) electrons. The van der Waals surface area contributed by atoms with Gasteiger partial charge in [-0.1, -0.05) is 36.4 Å². The molecule has 3 aromatic rings. The van der Waals surface area contributed by atoms with E-state index < -0.39 is 0 Å². The van der Waals surface area contributed by atoms with Gasteiger partial charge in [-0.3, -0.25) is 0 Å². The summed E-state index contributed by atoms with van der Waals surface area (Å²) in [6.45, 7) is 1.80. The highest BCUT2D eigenvalue weighted by atomic mass is 16.2. The highest BCUT2D eigenvalue weighted by Crippen LogP contribution is 2.25. The van der Waals surface area contributed by atoms with E-state index >= 15 is 0 Å². The van der Waals surface area contributed by atoms with Crippen molar-refractivity contribution in [2.24, 2.45) is 0 Å². The lowest BCUT2D eigenvalue weighted by Gasteiger charge is -2.08. The van der Waals surface area contributed by atoms with E-state index in [9.17, 15) is 4.79 Å². The number of hydrogen-bond donors (Lipinski definition) is 3. The molecule has 2 amide bonds. The second kappa shape index (κ2) is 6.23. The first kappa shape index (κ1) is 14.6. The zero-order valence-electron chi connectivity index (χ0n) is 12.7. The Morgan fingerprint density at radius 2 is 1.61 bits per heavy atom. The predicted octanol–water partition coefficient (Wildman–Crippen LogP) is 3.41. The normalized spacial score (nSPS) is 10.3. The standard InChI is InChI=1S/C17H17N5O/c1-12-15(20-17(23)19-13-8-4-2-5-9-13)16(18)22(21-12)14-10-6-3-7-11-14/h2-11H,18H2,1H3,(H2,19,20,23). The van der Waals surface area contributed by atoms with E-state index in [1.807, 2.05) is 60.7 Å². The minimum atomic E-state index is -0.362. The number of aromatic nitrogens is 2. The van der Waals surface area contributed by atoms with Gasteiger partial charge in [0.05, 0.1) is 11.4 Å². The van der Waals surface area contributed by atoms with Crippen molar-refractivity contribution in [1.29, 1.82) is 0 Å². The number of amides is 2. The molecule has 0 unspecified atom stereocenters. The third kappa shape index (κ3) is 3.16. The zero-order valence-corrected chi connectivity index (χ0v) is 12.7. The Hall–Kier alpha value is -3.28. The van der Waals surface area contributed by atoms with Crippen molar-refractivity contribution in [3.05, 3.63) is 66.4 Å². The van der Waals surface area contributed by atoms with Crippen LogP contribution in [0, 0.1) is 6.92 Å². The third-order valence-electron chi connectivity index (χ3n) is 3.37. The molecular formula is C17H17N5O. The van der Waals surface area contributed by atoms with Gasteiger partial charge in [0.2, 0.25) is 0 Å². The average molecular weight is 307 g/mol. The van der Waals surface area contributed by atoms with Crippen LogP contribution in [0.3, 0.4) is 0 Å². The van der Waals surface area contributed by atoms with Crippen molar-refractivity contribution < 1.29 is 4.79 Å². The number of nitrogens with one attached hydrogen (secondary N) is 2. The monoisotopic (exact) mass is 307 g/mol. The summed E-state index contributed by atoms with van der Waals surface area (Å²) in [4.78, 5) is 12.1. The summed E-state index contributed by atoms with van der Waals surface area (Å²) in [5.74, 6) is 0.386.